The van der Waals surface area contributed by atoms with Crippen LogP contribution < -0.4 is 5.32 Å². The van der Waals surface area contributed by atoms with E-state index in [1.807, 2.05) is 0 Å². The van der Waals surface area contributed by atoms with E-state index in [1.165, 1.54) is 37.7 Å². The molecule has 2 bridgehead atoms. The number of rotatable bonds is 3. The number of carbonyl (C=O) groups excluding carboxylic acids is 2. The summed E-state index contributed by atoms with van der Waals surface area (Å²) in [5.74, 6) is 1.09. The number of hydrogen-bond acceptors (Lipinski definition) is 4. The normalized spacial score (nSPS) is 28.4. The predicted molar refractivity (Wildman–Crippen MR) is 73.2 cm³/mol. The number of esters is 1. The van der Waals surface area contributed by atoms with Crippen molar-refractivity contribution in [1.29, 1.82) is 0 Å². The molecule has 1 N–H and O–H groups in total. The van der Waals surface area contributed by atoms with Gasteiger partial charge in [0.25, 0.3) is 0 Å². The Morgan fingerprint density at radius 2 is 2.21 bits per heavy atom. The third-order valence-electron chi connectivity index (χ3n) is 4.37. The van der Waals surface area contributed by atoms with E-state index in [0.29, 0.717) is 16.5 Å². The van der Waals surface area contributed by atoms with Gasteiger partial charge in [-0.2, -0.15) is 0 Å². The van der Waals surface area contributed by atoms with Gasteiger partial charge in [-0.3, -0.25) is 4.79 Å². The molecule has 19 heavy (non-hydrogen) atoms. The summed E-state index contributed by atoms with van der Waals surface area (Å²) >= 11 is 1.29. The third kappa shape index (κ3) is 2.27. The third-order valence-corrected chi connectivity index (χ3v) is 5.26. The van der Waals surface area contributed by atoms with Gasteiger partial charge in [0.1, 0.15) is 4.88 Å². The van der Waals surface area contributed by atoms with E-state index in [2.05, 4.69) is 5.32 Å². The van der Waals surface area contributed by atoms with Crippen molar-refractivity contribution in [2.45, 2.75) is 25.7 Å². The van der Waals surface area contributed by atoms with Gasteiger partial charge in [0.15, 0.2) is 0 Å². The van der Waals surface area contributed by atoms with Crippen LogP contribution in [0.25, 0.3) is 0 Å². The van der Waals surface area contributed by atoms with Crippen LogP contribution in [0.15, 0.2) is 11.4 Å². The van der Waals surface area contributed by atoms with Crippen LogP contribution in [0.4, 0.5) is 5.69 Å². The molecule has 0 aliphatic heterocycles. The second kappa shape index (κ2) is 4.96. The Morgan fingerprint density at radius 1 is 1.37 bits per heavy atom. The summed E-state index contributed by atoms with van der Waals surface area (Å²) in [6.45, 7) is 0. The molecule has 0 spiro atoms. The summed E-state index contributed by atoms with van der Waals surface area (Å²) in [6, 6.07) is 1.77. The Bertz CT molecular complexity index is 511. The van der Waals surface area contributed by atoms with Gasteiger partial charge < -0.3 is 10.1 Å². The lowest BCUT2D eigenvalue weighted by molar-refractivity contribution is -0.121. The largest absolute Gasteiger partial charge is 0.465 e. The van der Waals surface area contributed by atoms with Crippen molar-refractivity contribution in [3.63, 3.8) is 0 Å². The molecular formula is C14H17NO3S. The number of thiophene rings is 1. The topological polar surface area (TPSA) is 55.4 Å². The first-order chi connectivity index (χ1) is 9.19. The van der Waals surface area contributed by atoms with Gasteiger partial charge in [0, 0.05) is 5.92 Å². The maximum absolute atomic E-state index is 12.3. The van der Waals surface area contributed by atoms with E-state index in [4.69, 9.17) is 4.74 Å². The fourth-order valence-electron chi connectivity index (χ4n) is 3.45. The summed E-state index contributed by atoms with van der Waals surface area (Å²) in [5.41, 5.74) is 0.588. The van der Waals surface area contributed by atoms with Gasteiger partial charge in [0.2, 0.25) is 5.91 Å². The van der Waals surface area contributed by atoms with E-state index in [0.717, 1.165) is 12.3 Å². The number of anilines is 1. The minimum atomic E-state index is -0.391. The van der Waals surface area contributed by atoms with E-state index >= 15 is 0 Å². The number of nitrogens with one attached hydrogen (secondary N) is 1. The van der Waals surface area contributed by atoms with Crippen LogP contribution in [-0.2, 0) is 9.53 Å². The van der Waals surface area contributed by atoms with Gasteiger partial charge in [-0.05, 0) is 42.5 Å². The molecule has 3 rings (SSSR count). The van der Waals surface area contributed by atoms with E-state index in [-0.39, 0.29) is 11.8 Å². The minimum absolute atomic E-state index is 0.0655. The molecule has 102 valence electrons. The van der Waals surface area contributed by atoms with Crippen LogP contribution in [0.1, 0.15) is 35.4 Å². The van der Waals surface area contributed by atoms with Crippen molar-refractivity contribution < 1.29 is 14.3 Å². The van der Waals surface area contributed by atoms with Crippen molar-refractivity contribution in [1.82, 2.24) is 0 Å². The van der Waals surface area contributed by atoms with Gasteiger partial charge in [-0.15, -0.1) is 11.3 Å². The molecule has 3 atom stereocenters. The molecule has 2 saturated carbocycles. The zero-order chi connectivity index (χ0) is 13.4. The Kier molecular flexibility index (Phi) is 3.31. The van der Waals surface area contributed by atoms with Crippen LogP contribution in [0.2, 0.25) is 0 Å². The van der Waals surface area contributed by atoms with Gasteiger partial charge in [-0.1, -0.05) is 6.42 Å². The summed E-state index contributed by atoms with van der Waals surface area (Å²) < 4.78 is 4.71. The highest BCUT2D eigenvalue weighted by atomic mass is 32.1. The Morgan fingerprint density at radius 3 is 2.84 bits per heavy atom. The molecule has 1 aromatic heterocycles. The maximum atomic E-state index is 12.3. The van der Waals surface area contributed by atoms with Gasteiger partial charge in [-0.25, -0.2) is 4.79 Å². The number of amides is 1. The predicted octanol–water partition coefficient (Wildman–Crippen LogP) is 2.91. The molecule has 0 radical (unpaired) electrons. The maximum Gasteiger partial charge on any atom is 0.350 e. The first kappa shape index (κ1) is 12.7. The van der Waals surface area contributed by atoms with E-state index in [1.54, 1.807) is 11.4 Å². The van der Waals surface area contributed by atoms with E-state index in [9.17, 15) is 9.59 Å². The Hall–Kier alpha value is -1.36. The molecule has 1 heterocycles. The van der Waals surface area contributed by atoms with Crippen LogP contribution in [0, 0.1) is 17.8 Å². The number of hydrogen-bond donors (Lipinski definition) is 1. The standard InChI is InChI=1S/C14H17NO3S/c1-18-14(17)12-11(4-5-19-12)15-13(16)10-7-8-2-3-9(10)6-8/h4-5,8-10H,2-3,6-7H2,1H3,(H,15,16)/t8-,9+,10-/m0/s1. The summed E-state index contributed by atoms with van der Waals surface area (Å²) in [7, 11) is 1.35. The highest BCUT2D eigenvalue weighted by Crippen LogP contribution is 2.48. The molecule has 2 aliphatic rings. The van der Waals surface area contributed by atoms with Crippen molar-refractivity contribution in [3.05, 3.63) is 16.3 Å². The lowest BCUT2D eigenvalue weighted by Crippen LogP contribution is -2.27. The Balaban J connectivity index is 1.70. The monoisotopic (exact) mass is 279 g/mol. The molecule has 1 aromatic rings. The molecule has 0 aromatic carbocycles. The quantitative estimate of drug-likeness (QED) is 0.866. The lowest BCUT2D eigenvalue weighted by atomic mass is 9.88. The summed E-state index contributed by atoms with van der Waals surface area (Å²) in [6.07, 6.45) is 4.66. The van der Waals surface area contributed by atoms with Crippen LogP contribution in [0.3, 0.4) is 0 Å². The fraction of sp³-hybridized carbons (Fsp3) is 0.571. The van der Waals surface area contributed by atoms with Crippen molar-refractivity contribution in [2.75, 3.05) is 12.4 Å². The molecule has 2 fully saturated rings. The highest BCUT2D eigenvalue weighted by molar-refractivity contribution is 7.12. The van der Waals surface area contributed by atoms with Crippen molar-refractivity contribution in [3.8, 4) is 0 Å². The zero-order valence-electron chi connectivity index (χ0n) is 10.8. The van der Waals surface area contributed by atoms with Crippen LogP contribution in [-0.4, -0.2) is 19.0 Å². The average Bonchev–Trinajstić information content (AvgIpc) is 3.13. The molecular weight excluding hydrogens is 262 g/mol. The summed E-state index contributed by atoms with van der Waals surface area (Å²) in [5, 5.41) is 4.70. The average molecular weight is 279 g/mol. The molecule has 0 unspecified atom stereocenters. The SMILES string of the molecule is COC(=O)c1sccc1NC(=O)[C@H]1C[C@H]2CC[C@@H]1C2. The first-order valence-corrected chi connectivity index (χ1v) is 7.53. The van der Waals surface area contributed by atoms with Gasteiger partial charge in [0.05, 0.1) is 12.8 Å². The highest BCUT2D eigenvalue weighted by Gasteiger charge is 2.43. The molecule has 1 amide bonds. The number of carbonyl (C=O) groups is 2. The van der Waals surface area contributed by atoms with Crippen LogP contribution >= 0.6 is 11.3 Å². The second-order valence-electron chi connectivity index (χ2n) is 5.43. The molecule has 0 saturated heterocycles. The van der Waals surface area contributed by atoms with Crippen LogP contribution in [0.5, 0.6) is 0 Å². The number of methoxy groups -OCH3 is 1. The Labute approximate surface area is 116 Å². The minimum Gasteiger partial charge on any atom is -0.465 e. The van der Waals surface area contributed by atoms with Gasteiger partial charge >= 0.3 is 5.97 Å². The fourth-order valence-corrected chi connectivity index (χ4v) is 4.22. The number of ether oxygens (including phenoxy) is 1. The van der Waals surface area contributed by atoms with Crippen molar-refractivity contribution in [2.24, 2.45) is 17.8 Å². The summed E-state index contributed by atoms with van der Waals surface area (Å²) in [4.78, 5) is 24.3. The molecule has 4 nitrogen and oxygen atoms in total. The first-order valence-electron chi connectivity index (χ1n) is 6.65. The van der Waals surface area contributed by atoms with E-state index < -0.39 is 5.97 Å². The molecule has 2 aliphatic carbocycles. The molecule has 5 heteroatoms. The van der Waals surface area contributed by atoms with Crippen molar-refractivity contribution >= 4 is 28.9 Å². The zero-order valence-corrected chi connectivity index (χ0v) is 11.7. The smallest absolute Gasteiger partial charge is 0.350 e. The lowest BCUT2D eigenvalue weighted by Gasteiger charge is -2.20. The second-order valence-corrected chi connectivity index (χ2v) is 6.34. The number of fused-ring (bicyclic) bond motifs is 2.